The summed E-state index contributed by atoms with van der Waals surface area (Å²) in [6.07, 6.45) is 0. The molecular formula is C28H19ClN2O3. The number of nitrogens with zero attached hydrogens (tertiary/aromatic N) is 1. The zero-order chi connectivity index (χ0) is 23.5. The monoisotopic (exact) mass is 466 g/mol. The lowest BCUT2D eigenvalue weighted by atomic mass is 10.0. The molecule has 166 valence electrons. The Kier molecular flexibility index (Phi) is 5.93. The van der Waals surface area contributed by atoms with Gasteiger partial charge in [-0.1, -0.05) is 78.3 Å². The molecule has 6 heteroatoms. The van der Waals surface area contributed by atoms with Crippen molar-refractivity contribution in [3.8, 4) is 11.3 Å². The number of aromatic nitrogens is 1. The van der Waals surface area contributed by atoms with Gasteiger partial charge in [-0.05, 0) is 35.7 Å². The van der Waals surface area contributed by atoms with E-state index >= 15 is 0 Å². The van der Waals surface area contributed by atoms with E-state index in [0.717, 1.165) is 16.3 Å². The molecule has 1 heterocycles. The van der Waals surface area contributed by atoms with Crippen molar-refractivity contribution in [1.29, 1.82) is 0 Å². The van der Waals surface area contributed by atoms with Gasteiger partial charge in [0.15, 0.2) is 6.61 Å². The van der Waals surface area contributed by atoms with E-state index < -0.39 is 18.5 Å². The number of ether oxygens (including phenoxy) is 1. The molecule has 5 rings (SSSR count). The fourth-order valence-corrected chi connectivity index (χ4v) is 3.97. The Bertz CT molecular complexity index is 1530. The number of benzene rings is 4. The molecular weight excluding hydrogens is 448 g/mol. The molecule has 0 fully saturated rings. The van der Waals surface area contributed by atoms with Gasteiger partial charge in [0.05, 0.1) is 16.8 Å². The molecule has 4 aromatic carbocycles. The van der Waals surface area contributed by atoms with Crippen molar-refractivity contribution in [1.82, 2.24) is 4.98 Å². The van der Waals surface area contributed by atoms with Crippen molar-refractivity contribution in [3.63, 3.8) is 0 Å². The highest BCUT2D eigenvalue weighted by Crippen LogP contribution is 2.27. The van der Waals surface area contributed by atoms with Gasteiger partial charge in [0.2, 0.25) is 0 Å². The molecule has 0 unspecified atom stereocenters. The van der Waals surface area contributed by atoms with E-state index in [1.807, 2.05) is 72.8 Å². The number of nitrogens with one attached hydrogen (secondary N) is 1. The predicted molar refractivity (Wildman–Crippen MR) is 135 cm³/mol. The summed E-state index contributed by atoms with van der Waals surface area (Å²) in [5.74, 6) is -1.01. The third kappa shape index (κ3) is 4.47. The number of fused-ring (bicyclic) bond motifs is 2. The van der Waals surface area contributed by atoms with E-state index in [2.05, 4.69) is 10.3 Å². The smallest absolute Gasteiger partial charge is 0.339 e. The van der Waals surface area contributed by atoms with Crippen LogP contribution in [-0.4, -0.2) is 23.5 Å². The zero-order valence-electron chi connectivity index (χ0n) is 18.0. The number of esters is 1. The van der Waals surface area contributed by atoms with E-state index in [0.29, 0.717) is 32.9 Å². The molecule has 0 spiro atoms. The summed E-state index contributed by atoms with van der Waals surface area (Å²) in [6, 6.07) is 29.6. The van der Waals surface area contributed by atoms with Gasteiger partial charge in [0.25, 0.3) is 5.91 Å². The Labute approximate surface area is 201 Å². The van der Waals surface area contributed by atoms with Crippen molar-refractivity contribution >= 4 is 50.8 Å². The summed E-state index contributed by atoms with van der Waals surface area (Å²) >= 11 is 6.00. The Morgan fingerprint density at radius 3 is 2.35 bits per heavy atom. The summed E-state index contributed by atoms with van der Waals surface area (Å²) in [7, 11) is 0. The third-order valence-corrected chi connectivity index (χ3v) is 5.73. The fourth-order valence-electron chi connectivity index (χ4n) is 3.84. The fraction of sp³-hybridized carbons (Fsp3) is 0.0357. The minimum absolute atomic E-state index is 0.341. The minimum Gasteiger partial charge on any atom is -0.452 e. The largest absolute Gasteiger partial charge is 0.452 e. The van der Waals surface area contributed by atoms with Crippen LogP contribution in [0.5, 0.6) is 0 Å². The van der Waals surface area contributed by atoms with E-state index in [1.165, 1.54) is 0 Å². The molecule has 0 aliphatic rings. The maximum absolute atomic E-state index is 13.0. The molecule has 1 aromatic heterocycles. The topological polar surface area (TPSA) is 68.3 Å². The standard InChI is InChI=1S/C28H19ClN2O3/c29-20-14-12-19(13-15-20)26-16-23(22-9-3-4-10-25(22)30-26)28(33)34-17-27(32)31-24-11-5-7-18-6-1-2-8-21(18)24/h1-16H,17H2,(H,31,32). The summed E-state index contributed by atoms with van der Waals surface area (Å²) in [4.78, 5) is 30.2. The Morgan fingerprint density at radius 2 is 1.53 bits per heavy atom. The minimum atomic E-state index is -0.595. The van der Waals surface area contributed by atoms with Crippen LogP contribution in [0.2, 0.25) is 5.02 Å². The number of para-hydroxylation sites is 1. The van der Waals surface area contributed by atoms with Gasteiger partial charge in [-0.3, -0.25) is 4.79 Å². The number of amides is 1. The van der Waals surface area contributed by atoms with E-state index in [9.17, 15) is 9.59 Å². The van der Waals surface area contributed by atoms with E-state index in [4.69, 9.17) is 16.3 Å². The van der Waals surface area contributed by atoms with Gasteiger partial charge in [-0.15, -0.1) is 0 Å². The summed E-state index contributed by atoms with van der Waals surface area (Å²) in [6.45, 7) is -0.408. The maximum Gasteiger partial charge on any atom is 0.339 e. The van der Waals surface area contributed by atoms with Crippen LogP contribution in [0.3, 0.4) is 0 Å². The van der Waals surface area contributed by atoms with E-state index in [-0.39, 0.29) is 0 Å². The second kappa shape index (κ2) is 9.33. The first-order chi connectivity index (χ1) is 16.6. The molecule has 0 atom stereocenters. The summed E-state index contributed by atoms with van der Waals surface area (Å²) < 4.78 is 5.39. The van der Waals surface area contributed by atoms with Crippen molar-refractivity contribution < 1.29 is 14.3 Å². The molecule has 0 saturated carbocycles. The second-order valence-corrected chi connectivity index (χ2v) is 8.17. The number of carbonyl (C=O) groups excluding carboxylic acids is 2. The van der Waals surface area contributed by atoms with E-state index in [1.54, 1.807) is 24.3 Å². The molecule has 5 nitrogen and oxygen atoms in total. The second-order valence-electron chi connectivity index (χ2n) is 7.73. The highest BCUT2D eigenvalue weighted by atomic mass is 35.5. The van der Waals surface area contributed by atoms with Crippen LogP contribution in [0.25, 0.3) is 32.9 Å². The lowest BCUT2D eigenvalue weighted by Crippen LogP contribution is -2.21. The van der Waals surface area contributed by atoms with Crippen molar-refractivity contribution in [2.45, 2.75) is 0 Å². The third-order valence-electron chi connectivity index (χ3n) is 5.47. The number of halogens is 1. The van der Waals surface area contributed by atoms with Gasteiger partial charge in [0.1, 0.15) is 0 Å². The lowest BCUT2D eigenvalue weighted by molar-refractivity contribution is -0.119. The summed E-state index contributed by atoms with van der Waals surface area (Å²) in [5, 5.41) is 6.02. The molecule has 1 amide bonds. The lowest BCUT2D eigenvalue weighted by Gasteiger charge is -2.11. The average molecular weight is 467 g/mol. The number of hydrogen-bond donors (Lipinski definition) is 1. The number of pyridine rings is 1. The normalized spacial score (nSPS) is 10.9. The Morgan fingerprint density at radius 1 is 0.824 bits per heavy atom. The Balaban J connectivity index is 1.37. The molecule has 0 bridgehead atoms. The first-order valence-electron chi connectivity index (χ1n) is 10.7. The van der Waals surface area contributed by atoms with Crippen LogP contribution in [0.1, 0.15) is 10.4 Å². The quantitative estimate of drug-likeness (QED) is 0.300. The number of anilines is 1. The molecule has 34 heavy (non-hydrogen) atoms. The van der Waals surface area contributed by atoms with Crippen LogP contribution < -0.4 is 5.32 Å². The Hall–Kier alpha value is -4.22. The summed E-state index contributed by atoms with van der Waals surface area (Å²) in [5.41, 5.74) is 3.09. The number of rotatable bonds is 5. The average Bonchev–Trinajstić information content (AvgIpc) is 2.87. The van der Waals surface area contributed by atoms with Crippen LogP contribution in [0, 0.1) is 0 Å². The molecule has 0 radical (unpaired) electrons. The van der Waals surface area contributed by atoms with Gasteiger partial charge < -0.3 is 10.1 Å². The van der Waals surface area contributed by atoms with Crippen molar-refractivity contribution in [2.75, 3.05) is 11.9 Å². The molecule has 1 N–H and O–H groups in total. The first kappa shape index (κ1) is 21.6. The SMILES string of the molecule is O=C(COC(=O)c1cc(-c2ccc(Cl)cc2)nc2ccccc12)Nc1cccc2ccccc12. The van der Waals surface area contributed by atoms with Gasteiger partial charge >= 0.3 is 5.97 Å². The predicted octanol–water partition coefficient (Wildman–Crippen LogP) is 6.50. The van der Waals surface area contributed by atoms with Gasteiger partial charge in [-0.25, -0.2) is 9.78 Å². The molecule has 0 aliphatic carbocycles. The highest BCUT2D eigenvalue weighted by Gasteiger charge is 2.17. The zero-order valence-corrected chi connectivity index (χ0v) is 18.8. The van der Waals surface area contributed by atoms with Crippen LogP contribution in [-0.2, 0) is 9.53 Å². The van der Waals surface area contributed by atoms with Crippen molar-refractivity contribution in [3.05, 3.63) is 108 Å². The number of carbonyl (C=O) groups is 2. The van der Waals surface area contributed by atoms with Gasteiger partial charge in [-0.2, -0.15) is 0 Å². The molecule has 0 aliphatic heterocycles. The first-order valence-corrected chi connectivity index (χ1v) is 11.1. The number of hydrogen-bond acceptors (Lipinski definition) is 4. The van der Waals surface area contributed by atoms with Crippen molar-refractivity contribution in [2.24, 2.45) is 0 Å². The maximum atomic E-state index is 13.0. The molecule has 0 saturated heterocycles. The van der Waals surface area contributed by atoms with Crippen LogP contribution >= 0.6 is 11.6 Å². The van der Waals surface area contributed by atoms with Crippen LogP contribution in [0.15, 0.2) is 97.1 Å². The highest BCUT2D eigenvalue weighted by molar-refractivity contribution is 6.30. The van der Waals surface area contributed by atoms with Crippen LogP contribution in [0.4, 0.5) is 5.69 Å². The van der Waals surface area contributed by atoms with Gasteiger partial charge in [0, 0.05) is 27.0 Å². The molecule has 5 aromatic rings.